The van der Waals surface area contributed by atoms with Crippen molar-refractivity contribution in [2.75, 3.05) is 0 Å². The zero-order valence-corrected chi connectivity index (χ0v) is 14.7. The van der Waals surface area contributed by atoms with E-state index in [2.05, 4.69) is 33.8 Å². The first-order chi connectivity index (χ1) is 10.3. The lowest BCUT2D eigenvalue weighted by atomic mass is 9.45. The van der Waals surface area contributed by atoms with Gasteiger partial charge in [-0.1, -0.05) is 45.8 Å². The highest BCUT2D eigenvalue weighted by atomic mass is 16.3. The second kappa shape index (κ2) is 5.19. The fraction of sp³-hybridized carbons (Fsp3) is 0.850. The molecule has 2 fully saturated rings. The number of carbonyl (C=O) groups is 1. The molecule has 0 aromatic rings. The Morgan fingerprint density at radius 3 is 2.59 bits per heavy atom. The molecule has 0 radical (unpaired) electrons. The van der Waals surface area contributed by atoms with E-state index in [0.29, 0.717) is 11.8 Å². The van der Waals surface area contributed by atoms with Crippen molar-refractivity contribution in [3.05, 3.63) is 11.6 Å². The molecule has 2 heteroatoms. The molecule has 0 bridgehead atoms. The predicted molar refractivity (Wildman–Crippen MR) is 89.4 cm³/mol. The smallest absolute Gasteiger partial charge is 0.126 e. The number of allylic oxidation sites excluding steroid dienone is 1. The molecular formula is C20H32O2. The second-order valence-electron chi connectivity index (χ2n) is 9.03. The van der Waals surface area contributed by atoms with Crippen LogP contribution in [-0.2, 0) is 4.79 Å². The summed E-state index contributed by atoms with van der Waals surface area (Å²) in [5.41, 5.74) is 0.981. The van der Waals surface area contributed by atoms with Crippen molar-refractivity contribution in [1.29, 1.82) is 0 Å². The first-order valence-corrected chi connectivity index (χ1v) is 9.15. The average Bonchev–Trinajstić information content (AvgIpc) is 2.46. The molecule has 3 aliphatic carbocycles. The molecule has 3 rings (SSSR count). The van der Waals surface area contributed by atoms with E-state index < -0.39 is 5.60 Å². The van der Waals surface area contributed by atoms with Crippen molar-refractivity contribution in [2.45, 2.75) is 78.2 Å². The van der Waals surface area contributed by atoms with Crippen LogP contribution in [0.1, 0.15) is 72.6 Å². The van der Waals surface area contributed by atoms with E-state index in [1.54, 1.807) is 0 Å². The van der Waals surface area contributed by atoms with Gasteiger partial charge in [0.05, 0.1) is 5.60 Å². The van der Waals surface area contributed by atoms with Gasteiger partial charge in [0.15, 0.2) is 0 Å². The van der Waals surface area contributed by atoms with E-state index >= 15 is 0 Å². The molecule has 1 N–H and O–H groups in total. The van der Waals surface area contributed by atoms with Gasteiger partial charge in [-0.05, 0) is 61.7 Å². The van der Waals surface area contributed by atoms with Gasteiger partial charge in [-0.3, -0.25) is 0 Å². The lowest BCUT2D eigenvalue weighted by Gasteiger charge is -2.59. The Morgan fingerprint density at radius 1 is 1.23 bits per heavy atom. The van der Waals surface area contributed by atoms with Gasteiger partial charge in [0.1, 0.15) is 6.29 Å². The summed E-state index contributed by atoms with van der Waals surface area (Å²) in [5.74, 6) is 1.36. The summed E-state index contributed by atoms with van der Waals surface area (Å²) in [6, 6.07) is 0. The normalized spacial score (nSPS) is 48.4. The molecule has 0 aromatic heterocycles. The molecule has 3 aliphatic rings. The number of rotatable bonds is 2. The lowest BCUT2D eigenvalue weighted by Crippen LogP contribution is -2.53. The minimum atomic E-state index is -0.613. The van der Waals surface area contributed by atoms with E-state index in [1.165, 1.54) is 24.7 Å². The Balaban J connectivity index is 1.96. The topological polar surface area (TPSA) is 37.3 Å². The predicted octanol–water partition coefficient (Wildman–Crippen LogP) is 4.52. The van der Waals surface area contributed by atoms with Crippen molar-refractivity contribution in [3.63, 3.8) is 0 Å². The summed E-state index contributed by atoms with van der Waals surface area (Å²) in [6.07, 6.45) is 11.1. The van der Waals surface area contributed by atoms with Gasteiger partial charge in [-0.25, -0.2) is 0 Å². The van der Waals surface area contributed by atoms with Crippen LogP contribution in [-0.4, -0.2) is 17.0 Å². The maximum atomic E-state index is 11.8. The standard InChI is InChI=1S/C20H32O2/c1-14(2)20(22)11-8-16-15(12-20)6-7-17-18(3,13-21)9-5-10-19(16,17)4/h12-14,16-17,22H,5-11H2,1-4H3. The molecule has 22 heavy (non-hydrogen) atoms. The van der Waals surface area contributed by atoms with Gasteiger partial charge in [-0.2, -0.15) is 0 Å². The van der Waals surface area contributed by atoms with Crippen LogP contribution in [0, 0.1) is 28.6 Å². The SMILES string of the molecule is CC(C)C1(O)C=C2CCC3C(C)(C=O)CCCC3(C)C2CC1. The average molecular weight is 304 g/mol. The van der Waals surface area contributed by atoms with Crippen LogP contribution in [0.2, 0.25) is 0 Å². The Morgan fingerprint density at radius 2 is 1.95 bits per heavy atom. The van der Waals surface area contributed by atoms with E-state index in [-0.39, 0.29) is 16.7 Å². The van der Waals surface area contributed by atoms with Crippen molar-refractivity contribution >= 4 is 6.29 Å². The zero-order chi connectivity index (χ0) is 16.2. The van der Waals surface area contributed by atoms with Crippen LogP contribution >= 0.6 is 0 Å². The highest BCUT2D eigenvalue weighted by molar-refractivity contribution is 5.60. The first kappa shape index (κ1) is 16.2. The third kappa shape index (κ3) is 2.21. The molecule has 2 nitrogen and oxygen atoms in total. The first-order valence-electron chi connectivity index (χ1n) is 9.15. The van der Waals surface area contributed by atoms with E-state index in [4.69, 9.17) is 0 Å². The minimum absolute atomic E-state index is 0.135. The maximum absolute atomic E-state index is 11.8. The van der Waals surface area contributed by atoms with Crippen LogP contribution in [0.3, 0.4) is 0 Å². The van der Waals surface area contributed by atoms with Gasteiger partial charge in [0.25, 0.3) is 0 Å². The molecule has 0 aliphatic heterocycles. The van der Waals surface area contributed by atoms with Crippen LogP contribution in [0.15, 0.2) is 11.6 Å². The molecule has 124 valence electrons. The van der Waals surface area contributed by atoms with Crippen LogP contribution in [0.25, 0.3) is 0 Å². The lowest BCUT2D eigenvalue weighted by molar-refractivity contribution is -0.132. The summed E-state index contributed by atoms with van der Waals surface area (Å²) >= 11 is 0. The van der Waals surface area contributed by atoms with Crippen molar-refractivity contribution in [1.82, 2.24) is 0 Å². The maximum Gasteiger partial charge on any atom is 0.126 e. The van der Waals surface area contributed by atoms with Crippen LogP contribution in [0.4, 0.5) is 0 Å². The number of carbonyl (C=O) groups excluding carboxylic acids is 1. The van der Waals surface area contributed by atoms with Gasteiger partial charge in [-0.15, -0.1) is 0 Å². The molecular weight excluding hydrogens is 272 g/mol. The molecule has 0 saturated heterocycles. The molecule has 5 atom stereocenters. The fourth-order valence-corrected chi connectivity index (χ4v) is 5.99. The van der Waals surface area contributed by atoms with Crippen LogP contribution < -0.4 is 0 Å². The number of fused-ring (bicyclic) bond motifs is 3. The molecule has 0 amide bonds. The monoisotopic (exact) mass is 304 g/mol. The summed E-state index contributed by atoms with van der Waals surface area (Å²) in [4.78, 5) is 11.8. The number of hydrogen-bond acceptors (Lipinski definition) is 2. The summed E-state index contributed by atoms with van der Waals surface area (Å²) in [6.45, 7) is 8.85. The highest BCUT2D eigenvalue weighted by Gasteiger charge is 2.56. The zero-order valence-electron chi connectivity index (χ0n) is 14.7. The quantitative estimate of drug-likeness (QED) is 0.602. The van der Waals surface area contributed by atoms with Gasteiger partial charge < -0.3 is 9.90 Å². The van der Waals surface area contributed by atoms with Gasteiger partial charge >= 0.3 is 0 Å². The molecule has 5 unspecified atom stereocenters. The third-order valence-corrected chi connectivity index (χ3v) is 7.53. The van der Waals surface area contributed by atoms with E-state index in [0.717, 1.165) is 32.1 Å². The summed E-state index contributed by atoms with van der Waals surface area (Å²) in [5, 5.41) is 10.9. The Hall–Kier alpha value is -0.630. The van der Waals surface area contributed by atoms with Gasteiger partial charge in [0.2, 0.25) is 0 Å². The van der Waals surface area contributed by atoms with Crippen molar-refractivity contribution in [2.24, 2.45) is 28.6 Å². The van der Waals surface area contributed by atoms with Crippen molar-refractivity contribution in [3.8, 4) is 0 Å². The molecule has 0 aromatic carbocycles. The molecule has 2 saturated carbocycles. The fourth-order valence-electron chi connectivity index (χ4n) is 5.99. The summed E-state index contributed by atoms with van der Waals surface area (Å²) < 4.78 is 0. The second-order valence-corrected chi connectivity index (χ2v) is 9.03. The Kier molecular flexibility index (Phi) is 3.83. The minimum Gasteiger partial charge on any atom is -0.386 e. The summed E-state index contributed by atoms with van der Waals surface area (Å²) in [7, 11) is 0. The van der Waals surface area contributed by atoms with Crippen molar-refractivity contribution < 1.29 is 9.90 Å². The van der Waals surface area contributed by atoms with E-state index in [9.17, 15) is 9.90 Å². The molecule has 0 spiro atoms. The van der Waals surface area contributed by atoms with Gasteiger partial charge in [0, 0.05) is 5.41 Å². The molecule has 0 heterocycles. The van der Waals surface area contributed by atoms with Crippen LogP contribution in [0.5, 0.6) is 0 Å². The Bertz CT molecular complexity index is 494. The third-order valence-electron chi connectivity index (χ3n) is 7.53. The highest BCUT2D eigenvalue weighted by Crippen LogP contribution is 2.63. The largest absolute Gasteiger partial charge is 0.386 e. The Labute approximate surface area is 135 Å². The van der Waals surface area contributed by atoms with E-state index in [1.807, 2.05) is 0 Å². The number of aldehydes is 1. The number of aliphatic hydroxyl groups is 1. The number of hydrogen-bond donors (Lipinski definition) is 1.